The van der Waals surface area contributed by atoms with Crippen molar-refractivity contribution in [1.29, 1.82) is 0 Å². The molecule has 0 aliphatic heterocycles. The standard InChI is InChI=1S/C18H18N2O2S/c1-3-12-22-16-11-7-6-10-15(16)19-18(23)20-17(21)14-9-5-4-8-13(14)2/h3-11H,1,12H2,2H3,(H2,19,20,21,23). The minimum Gasteiger partial charge on any atom is -0.487 e. The molecule has 23 heavy (non-hydrogen) atoms. The zero-order valence-corrected chi connectivity index (χ0v) is 13.7. The molecular formula is C18H18N2O2S. The van der Waals surface area contributed by atoms with Crippen LogP contribution in [-0.2, 0) is 0 Å². The van der Waals surface area contributed by atoms with Gasteiger partial charge in [-0.25, -0.2) is 0 Å². The highest BCUT2D eigenvalue weighted by atomic mass is 32.1. The summed E-state index contributed by atoms with van der Waals surface area (Å²) in [5.41, 5.74) is 2.17. The highest BCUT2D eigenvalue weighted by molar-refractivity contribution is 7.80. The van der Waals surface area contributed by atoms with Gasteiger partial charge in [-0.1, -0.05) is 43.0 Å². The van der Waals surface area contributed by atoms with E-state index in [4.69, 9.17) is 17.0 Å². The molecule has 118 valence electrons. The van der Waals surface area contributed by atoms with Crippen LogP contribution in [0.1, 0.15) is 15.9 Å². The van der Waals surface area contributed by atoms with Crippen LogP contribution < -0.4 is 15.4 Å². The number of amides is 1. The Bertz CT molecular complexity index is 728. The second-order valence-corrected chi connectivity index (χ2v) is 5.23. The lowest BCUT2D eigenvalue weighted by molar-refractivity contribution is 0.0977. The number of rotatable bonds is 5. The molecule has 2 N–H and O–H groups in total. The molecule has 0 aliphatic rings. The van der Waals surface area contributed by atoms with Crippen LogP contribution in [0.5, 0.6) is 5.75 Å². The molecule has 0 heterocycles. The van der Waals surface area contributed by atoms with Crippen molar-refractivity contribution in [2.45, 2.75) is 6.92 Å². The van der Waals surface area contributed by atoms with E-state index in [0.29, 0.717) is 23.6 Å². The Morgan fingerprint density at radius 2 is 1.91 bits per heavy atom. The van der Waals surface area contributed by atoms with E-state index in [-0.39, 0.29) is 11.0 Å². The molecule has 2 aromatic rings. The number of ether oxygens (including phenoxy) is 1. The van der Waals surface area contributed by atoms with Crippen molar-refractivity contribution in [1.82, 2.24) is 5.32 Å². The van der Waals surface area contributed by atoms with Gasteiger partial charge in [-0.2, -0.15) is 0 Å². The lowest BCUT2D eigenvalue weighted by atomic mass is 10.1. The van der Waals surface area contributed by atoms with Gasteiger partial charge in [-0.15, -0.1) is 0 Å². The predicted molar refractivity (Wildman–Crippen MR) is 97.0 cm³/mol. The third-order valence-electron chi connectivity index (χ3n) is 3.11. The summed E-state index contributed by atoms with van der Waals surface area (Å²) in [7, 11) is 0. The molecule has 2 aromatic carbocycles. The molecule has 4 nitrogen and oxygen atoms in total. The van der Waals surface area contributed by atoms with Gasteiger partial charge in [-0.3, -0.25) is 10.1 Å². The van der Waals surface area contributed by atoms with Crippen molar-refractivity contribution in [3.05, 3.63) is 72.3 Å². The van der Waals surface area contributed by atoms with Gasteiger partial charge in [0, 0.05) is 5.56 Å². The van der Waals surface area contributed by atoms with Crippen LogP contribution >= 0.6 is 12.2 Å². The summed E-state index contributed by atoms with van der Waals surface area (Å²) in [6.07, 6.45) is 1.66. The Kier molecular flexibility index (Phi) is 5.88. The maximum absolute atomic E-state index is 12.2. The summed E-state index contributed by atoms with van der Waals surface area (Å²) < 4.78 is 5.54. The fraction of sp³-hybridized carbons (Fsp3) is 0.111. The van der Waals surface area contributed by atoms with Crippen molar-refractivity contribution < 1.29 is 9.53 Å². The number of para-hydroxylation sites is 2. The third kappa shape index (κ3) is 4.66. The van der Waals surface area contributed by atoms with Crippen molar-refractivity contribution in [3.63, 3.8) is 0 Å². The molecule has 2 rings (SSSR count). The Morgan fingerprint density at radius 3 is 2.65 bits per heavy atom. The molecule has 0 saturated carbocycles. The first-order valence-corrected chi connectivity index (χ1v) is 7.53. The number of nitrogens with one attached hydrogen (secondary N) is 2. The Labute approximate surface area is 141 Å². The van der Waals surface area contributed by atoms with Gasteiger partial charge in [0.1, 0.15) is 12.4 Å². The maximum atomic E-state index is 12.2. The van der Waals surface area contributed by atoms with Gasteiger partial charge >= 0.3 is 0 Å². The topological polar surface area (TPSA) is 50.4 Å². The highest BCUT2D eigenvalue weighted by Crippen LogP contribution is 2.23. The first-order chi connectivity index (χ1) is 11.1. The highest BCUT2D eigenvalue weighted by Gasteiger charge is 2.11. The molecule has 0 aromatic heterocycles. The molecule has 0 radical (unpaired) electrons. The molecule has 0 saturated heterocycles. The molecular weight excluding hydrogens is 308 g/mol. The van der Waals surface area contributed by atoms with Crippen molar-refractivity contribution in [2.24, 2.45) is 0 Å². The zero-order valence-electron chi connectivity index (χ0n) is 12.8. The van der Waals surface area contributed by atoms with Gasteiger partial charge in [0.05, 0.1) is 5.69 Å². The van der Waals surface area contributed by atoms with Crippen LogP contribution in [0.4, 0.5) is 5.69 Å². The van der Waals surface area contributed by atoms with Gasteiger partial charge in [0.2, 0.25) is 0 Å². The molecule has 0 unspecified atom stereocenters. The lowest BCUT2D eigenvalue weighted by Gasteiger charge is -2.14. The number of carbonyl (C=O) groups is 1. The number of aryl methyl sites for hydroxylation is 1. The van der Waals surface area contributed by atoms with E-state index in [2.05, 4.69) is 17.2 Å². The van der Waals surface area contributed by atoms with Crippen LogP contribution in [0, 0.1) is 6.92 Å². The van der Waals surface area contributed by atoms with E-state index in [1.807, 2.05) is 49.4 Å². The minimum atomic E-state index is -0.245. The first-order valence-electron chi connectivity index (χ1n) is 7.12. The molecule has 5 heteroatoms. The van der Waals surface area contributed by atoms with E-state index in [1.54, 1.807) is 12.1 Å². The second kappa shape index (κ2) is 8.10. The molecule has 1 amide bonds. The minimum absolute atomic E-state index is 0.216. The monoisotopic (exact) mass is 326 g/mol. The third-order valence-corrected chi connectivity index (χ3v) is 3.31. The molecule has 0 bridgehead atoms. The number of thiocarbonyl (C=S) groups is 1. The number of carbonyl (C=O) groups excluding carboxylic acids is 1. The Balaban J connectivity index is 2.04. The van der Waals surface area contributed by atoms with Crippen LogP contribution in [0.3, 0.4) is 0 Å². The quantitative estimate of drug-likeness (QED) is 0.650. The fourth-order valence-electron chi connectivity index (χ4n) is 2.00. The van der Waals surface area contributed by atoms with Gasteiger partial charge < -0.3 is 10.1 Å². The van der Waals surface area contributed by atoms with Crippen molar-refractivity contribution >= 4 is 28.9 Å². The zero-order chi connectivity index (χ0) is 16.7. The predicted octanol–water partition coefficient (Wildman–Crippen LogP) is 3.69. The summed E-state index contributed by atoms with van der Waals surface area (Å²) in [5, 5.41) is 5.87. The number of hydrogen-bond acceptors (Lipinski definition) is 3. The Morgan fingerprint density at radius 1 is 1.22 bits per heavy atom. The van der Waals surface area contributed by atoms with E-state index in [9.17, 15) is 4.79 Å². The first kappa shape index (κ1) is 16.7. The average molecular weight is 326 g/mol. The number of benzene rings is 2. The fourth-order valence-corrected chi connectivity index (χ4v) is 2.20. The normalized spacial score (nSPS) is 9.78. The molecule has 0 atom stereocenters. The number of anilines is 1. The SMILES string of the molecule is C=CCOc1ccccc1NC(=S)NC(=O)c1ccccc1C. The summed E-state index contributed by atoms with van der Waals surface area (Å²) in [6.45, 7) is 5.89. The second-order valence-electron chi connectivity index (χ2n) is 4.82. The van der Waals surface area contributed by atoms with Crippen LogP contribution in [0.25, 0.3) is 0 Å². The summed E-state index contributed by atoms with van der Waals surface area (Å²) in [6, 6.07) is 14.7. The summed E-state index contributed by atoms with van der Waals surface area (Å²) in [4.78, 5) is 12.2. The average Bonchev–Trinajstić information content (AvgIpc) is 2.54. The van der Waals surface area contributed by atoms with E-state index in [1.165, 1.54) is 0 Å². The van der Waals surface area contributed by atoms with E-state index < -0.39 is 0 Å². The lowest BCUT2D eigenvalue weighted by Crippen LogP contribution is -2.34. The molecule has 0 fully saturated rings. The Hall–Kier alpha value is -2.66. The largest absolute Gasteiger partial charge is 0.487 e. The van der Waals surface area contributed by atoms with Gasteiger partial charge in [0.25, 0.3) is 5.91 Å². The van der Waals surface area contributed by atoms with Crippen LogP contribution in [-0.4, -0.2) is 17.6 Å². The summed E-state index contributed by atoms with van der Waals surface area (Å²) in [5.74, 6) is 0.394. The number of hydrogen-bond donors (Lipinski definition) is 2. The van der Waals surface area contributed by atoms with E-state index in [0.717, 1.165) is 5.56 Å². The van der Waals surface area contributed by atoms with E-state index >= 15 is 0 Å². The van der Waals surface area contributed by atoms with Crippen LogP contribution in [0.2, 0.25) is 0 Å². The van der Waals surface area contributed by atoms with Crippen molar-refractivity contribution in [3.8, 4) is 5.75 Å². The van der Waals surface area contributed by atoms with Crippen molar-refractivity contribution in [2.75, 3.05) is 11.9 Å². The van der Waals surface area contributed by atoms with Gasteiger partial charge in [0.15, 0.2) is 5.11 Å². The van der Waals surface area contributed by atoms with Gasteiger partial charge in [-0.05, 0) is 42.9 Å². The maximum Gasteiger partial charge on any atom is 0.257 e. The summed E-state index contributed by atoms with van der Waals surface area (Å²) >= 11 is 5.21. The smallest absolute Gasteiger partial charge is 0.257 e. The molecule has 0 spiro atoms. The molecule has 0 aliphatic carbocycles. The van der Waals surface area contributed by atoms with Crippen LogP contribution in [0.15, 0.2) is 61.2 Å².